The Kier molecular flexibility index (Phi) is 1.39. The van der Waals surface area contributed by atoms with Crippen molar-refractivity contribution in [2.45, 2.75) is 18.9 Å². The molecule has 3 rings (SSSR count). The second-order valence-electron chi connectivity index (χ2n) is 3.61. The van der Waals surface area contributed by atoms with Gasteiger partial charge in [0.05, 0.1) is 12.5 Å². The standard InChI is InChI=1S/C10H9NO3/c12-5-1-2-8-6(3-5)7-4-9(13)14-10(7)11-8/h1-2,5,11-12H,3-4H2. The largest absolute Gasteiger partial charge is 0.409 e. The van der Waals surface area contributed by atoms with Gasteiger partial charge in [0, 0.05) is 17.7 Å². The zero-order valence-electron chi connectivity index (χ0n) is 7.41. The van der Waals surface area contributed by atoms with E-state index in [-0.39, 0.29) is 5.97 Å². The number of hydrogen-bond donors (Lipinski definition) is 2. The summed E-state index contributed by atoms with van der Waals surface area (Å²) < 4.78 is 4.98. The molecule has 2 heterocycles. The van der Waals surface area contributed by atoms with Gasteiger partial charge in [0.25, 0.3) is 0 Å². The number of aromatic amines is 1. The smallest absolute Gasteiger partial charge is 0.317 e. The molecule has 2 aliphatic rings. The van der Waals surface area contributed by atoms with Gasteiger partial charge in [-0.1, -0.05) is 6.08 Å². The van der Waals surface area contributed by atoms with Crippen molar-refractivity contribution in [2.75, 3.05) is 0 Å². The summed E-state index contributed by atoms with van der Waals surface area (Å²) in [5.41, 5.74) is 2.88. The molecule has 1 atom stereocenters. The lowest BCUT2D eigenvalue weighted by molar-refractivity contribution is -0.132. The van der Waals surface area contributed by atoms with Gasteiger partial charge in [0.2, 0.25) is 5.88 Å². The normalized spacial score (nSPS) is 23.2. The highest BCUT2D eigenvalue weighted by Crippen LogP contribution is 2.34. The van der Waals surface area contributed by atoms with Crippen LogP contribution in [0.1, 0.15) is 16.8 Å². The number of aliphatic hydroxyl groups excluding tert-OH is 1. The molecule has 2 N–H and O–H groups in total. The van der Waals surface area contributed by atoms with E-state index in [2.05, 4.69) is 4.98 Å². The van der Waals surface area contributed by atoms with E-state index in [1.165, 1.54) is 0 Å². The van der Waals surface area contributed by atoms with Crippen LogP contribution >= 0.6 is 0 Å². The third kappa shape index (κ3) is 0.943. The van der Waals surface area contributed by atoms with Crippen LogP contribution in [0.4, 0.5) is 0 Å². The minimum atomic E-state index is -0.446. The SMILES string of the molecule is O=C1Cc2c([nH]c3c2CC(O)C=C3)O1. The summed E-state index contributed by atoms with van der Waals surface area (Å²) in [4.78, 5) is 14.0. The van der Waals surface area contributed by atoms with Crippen LogP contribution in [0.25, 0.3) is 6.08 Å². The van der Waals surface area contributed by atoms with Gasteiger partial charge >= 0.3 is 5.97 Å². The van der Waals surface area contributed by atoms with Gasteiger partial charge in [-0.05, 0) is 11.6 Å². The predicted octanol–water partition coefficient (Wildman–Crippen LogP) is 0.406. The molecule has 14 heavy (non-hydrogen) atoms. The van der Waals surface area contributed by atoms with Crippen LogP contribution in [0, 0.1) is 0 Å². The lowest BCUT2D eigenvalue weighted by Gasteiger charge is -2.11. The number of rotatable bonds is 0. The Bertz CT molecular complexity index is 444. The summed E-state index contributed by atoms with van der Waals surface area (Å²) in [6.45, 7) is 0. The van der Waals surface area contributed by atoms with E-state index in [0.29, 0.717) is 18.7 Å². The Morgan fingerprint density at radius 1 is 1.50 bits per heavy atom. The number of esters is 1. The average molecular weight is 191 g/mol. The highest BCUT2D eigenvalue weighted by molar-refractivity contribution is 5.82. The van der Waals surface area contributed by atoms with Crippen molar-refractivity contribution in [2.24, 2.45) is 0 Å². The first kappa shape index (κ1) is 7.82. The predicted molar refractivity (Wildman–Crippen MR) is 48.9 cm³/mol. The van der Waals surface area contributed by atoms with E-state index >= 15 is 0 Å². The van der Waals surface area contributed by atoms with Crippen molar-refractivity contribution in [1.82, 2.24) is 4.98 Å². The molecule has 0 saturated carbocycles. The van der Waals surface area contributed by atoms with Crippen molar-refractivity contribution in [3.8, 4) is 5.88 Å². The molecule has 0 saturated heterocycles. The van der Waals surface area contributed by atoms with Gasteiger partial charge in [-0.25, -0.2) is 0 Å². The van der Waals surface area contributed by atoms with E-state index in [1.54, 1.807) is 6.08 Å². The number of aromatic nitrogens is 1. The van der Waals surface area contributed by atoms with Crippen molar-refractivity contribution < 1.29 is 14.6 Å². The zero-order valence-corrected chi connectivity index (χ0v) is 7.41. The molecule has 1 aromatic heterocycles. The fourth-order valence-corrected chi connectivity index (χ4v) is 2.00. The third-order valence-electron chi connectivity index (χ3n) is 2.65. The van der Waals surface area contributed by atoms with E-state index in [9.17, 15) is 9.90 Å². The average Bonchev–Trinajstić information content (AvgIpc) is 2.62. The van der Waals surface area contributed by atoms with Crippen LogP contribution in [0.15, 0.2) is 6.08 Å². The van der Waals surface area contributed by atoms with Crippen LogP contribution in [0.2, 0.25) is 0 Å². The summed E-state index contributed by atoms with van der Waals surface area (Å²) >= 11 is 0. The Morgan fingerprint density at radius 3 is 3.21 bits per heavy atom. The van der Waals surface area contributed by atoms with Crippen LogP contribution in [-0.4, -0.2) is 22.2 Å². The molecule has 0 spiro atoms. The minimum absolute atomic E-state index is 0.224. The Labute approximate surface area is 80.2 Å². The van der Waals surface area contributed by atoms with Crippen molar-refractivity contribution in [3.05, 3.63) is 22.9 Å². The van der Waals surface area contributed by atoms with Gasteiger partial charge in [0.15, 0.2) is 0 Å². The van der Waals surface area contributed by atoms with Crippen molar-refractivity contribution >= 4 is 12.0 Å². The molecule has 0 radical (unpaired) electrons. The molecule has 0 aromatic carbocycles. The fourth-order valence-electron chi connectivity index (χ4n) is 2.00. The highest BCUT2D eigenvalue weighted by Gasteiger charge is 2.29. The van der Waals surface area contributed by atoms with Crippen LogP contribution in [0.5, 0.6) is 5.88 Å². The summed E-state index contributed by atoms with van der Waals surface area (Å²) in [5, 5.41) is 9.45. The van der Waals surface area contributed by atoms with Gasteiger partial charge in [-0.15, -0.1) is 0 Å². The fraction of sp³-hybridized carbons (Fsp3) is 0.300. The number of carbonyl (C=O) groups excluding carboxylic acids is 1. The molecule has 4 nitrogen and oxygen atoms in total. The van der Waals surface area contributed by atoms with Gasteiger partial charge in [-0.3, -0.25) is 4.79 Å². The second-order valence-corrected chi connectivity index (χ2v) is 3.61. The number of H-pyrrole nitrogens is 1. The Morgan fingerprint density at radius 2 is 2.36 bits per heavy atom. The van der Waals surface area contributed by atoms with Crippen LogP contribution in [0.3, 0.4) is 0 Å². The lowest BCUT2D eigenvalue weighted by Crippen LogP contribution is -2.12. The molecule has 1 aliphatic heterocycles. The third-order valence-corrected chi connectivity index (χ3v) is 2.65. The molecular formula is C10H9NO3. The summed E-state index contributed by atoms with van der Waals surface area (Å²) in [6.07, 6.45) is 4.00. The second kappa shape index (κ2) is 2.48. The Balaban J connectivity index is 2.13. The quantitative estimate of drug-likeness (QED) is 0.584. The number of carbonyl (C=O) groups is 1. The minimum Gasteiger partial charge on any atom is -0.409 e. The number of hydrogen-bond acceptors (Lipinski definition) is 3. The number of ether oxygens (including phenoxy) is 1. The Hall–Kier alpha value is -1.55. The monoisotopic (exact) mass is 191 g/mol. The maximum Gasteiger partial charge on any atom is 0.317 e. The van der Waals surface area contributed by atoms with Gasteiger partial charge in [0.1, 0.15) is 0 Å². The molecule has 4 heteroatoms. The number of fused-ring (bicyclic) bond motifs is 3. The van der Waals surface area contributed by atoms with Crippen LogP contribution in [-0.2, 0) is 17.6 Å². The van der Waals surface area contributed by atoms with E-state index in [0.717, 1.165) is 16.8 Å². The van der Waals surface area contributed by atoms with Gasteiger partial charge < -0.3 is 14.8 Å². The lowest BCUT2D eigenvalue weighted by atomic mass is 9.97. The first-order valence-corrected chi connectivity index (χ1v) is 4.54. The first-order chi connectivity index (χ1) is 6.74. The summed E-state index contributed by atoms with van der Waals surface area (Å²) in [6, 6.07) is 0. The molecular weight excluding hydrogens is 182 g/mol. The maximum atomic E-state index is 11.0. The topological polar surface area (TPSA) is 62.3 Å². The zero-order chi connectivity index (χ0) is 9.71. The van der Waals surface area contributed by atoms with E-state index in [4.69, 9.17) is 4.74 Å². The first-order valence-electron chi connectivity index (χ1n) is 4.54. The van der Waals surface area contributed by atoms with Crippen molar-refractivity contribution in [3.63, 3.8) is 0 Å². The number of nitrogens with one attached hydrogen (secondary N) is 1. The molecule has 1 unspecified atom stereocenters. The molecule has 1 aromatic rings. The molecule has 0 amide bonds. The van der Waals surface area contributed by atoms with E-state index in [1.807, 2.05) is 6.08 Å². The highest BCUT2D eigenvalue weighted by atomic mass is 16.5. The maximum absolute atomic E-state index is 11.0. The van der Waals surface area contributed by atoms with Crippen molar-refractivity contribution in [1.29, 1.82) is 0 Å². The number of aliphatic hydroxyl groups is 1. The summed E-state index contributed by atoms with van der Waals surface area (Å²) in [7, 11) is 0. The summed E-state index contributed by atoms with van der Waals surface area (Å²) in [5.74, 6) is 0.330. The van der Waals surface area contributed by atoms with E-state index < -0.39 is 6.10 Å². The molecule has 0 fully saturated rings. The molecule has 0 bridgehead atoms. The van der Waals surface area contributed by atoms with Crippen LogP contribution < -0.4 is 4.74 Å². The molecule has 1 aliphatic carbocycles. The van der Waals surface area contributed by atoms with Gasteiger partial charge in [-0.2, -0.15) is 0 Å². The molecule has 72 valence electrons.